The Labute approximate surface area is 94.3 Å². The van der Waals surface area contributed by atoms with Gasteiger partial charge in [-0.15, -0.1) is 0 Å². The van der Waals surface area contributed by atoms with Gasteiger partial charge in [-0.3, -0.25) is 5.32 Å². The van der Waals surface area contributed by atoms with Crippen LogP contribution in [-0.4, -0.2) is 28.5 Å². The molecule has 0 saturated heterocycles. The van der Waals surface area contributed by atoms with Crippen LogP contribution in [-0.2, 0) is 0 Å². The summed E-state index contributed by atoms with van der Waals surface area (Å²) >= 11 is 1.42. The summed E-state index contributed by atoms with van der Waals surface area (Å²) in [4.78, 5) is 4.02. The lowest BCUT2D eigenvalue weighted by molar-refractivity contribution is 0.0201. The van der Waals surface area contributed by atoms with E-state index in [1.54, 1.807) is 13.1 Å². The van der Waals surface area contributed by atoms with E-state index in [0.29, 0.717) is 11.2 Å². The Kier molecular flexibility index (Phi) is 5.01. The Morgan fingerprint density at radius 3 is 2.80 bits per heavy atom. The first kappa shape index (κ1) is 12.4. The minimum Gasteiger partial charge on any atom is -0.448 e. The molecule has 0 aliphatic heterocycles. The van der Waals surface area contributed by atoms with Gasteiger partial charge >= 0.3 is 0 Å². The summed E-state index contributed by atoms with van der Waals surface area (Å²) in [6.07, 6.45) is 1.71. The van der Waals surface area contributed by atoms with E-state index in [1.807, 2.05) is 5.38 Å². The second-order valence-electron chi connectivity index (χ2n) is 3.55. The van der Waals surface area contributed by atoms with Crippen molar-refractivity contribution in [2.24, 2.45) is 0 Å². The van der Waals surface area contributed by atoms with Gasteiger partial charge in [0.05, 0.1) is 0 Å². The minimum atomic E-state index is -0.567. The van der Waals surface area contributed by atoms with E-state index in [2.05, 4.69) is 24.1 Å². The van der Waals surface area contributed by atoms with Gasteiger partial charge in [0.25, 0.3) is 5.19 Å². The highest BCUT2D eigenvalue weighted by Gasteiger charge is 2.19. The van der Waals surface area contributed by atoms with Gasteiger partial charge in [-0.25, -0.2) is 4.98 Å². The van der Waals surface area contributed by atoms with Gasteiger partial charge < -0.3 is 9.84 Å². The van der Waals surface area contributed by atoms with Crippen LogP contribution >= 0.6 is 11.3 Å². The molecule has 1 rings (SSSR count). The van der Waals surface area contributed by atoms with Gasteiger partial charge in [0, 0.05) is 17.6 Å². The van der Waals surface area contributed by atoms with Gasteiger partial charge in [-0.2, -0.15) is 0 Å². The maximum Gasteiger partial charge on any atom is 0.274 e. The molecule has 0 amide bonds. The van der Waals surface area contributed by atoms with Crippen molar-refractivity contribution < 1.29 is 9.84 Å². The van der Waals surface area contributed by atoms with E-state index in [4.69, 9.17) is 4.74 Å². The van der Waals surface area contributed by atoms with Gasteiger partial charge in [0.2, 0.25) is 0 Å². The summed E-state index contributed by atoms with van der Waals surface area (Å²) in [7, 11) is 0. The standard InChI is InChI=1S/C10H18N2O2S/c1-4-7(2)12-9(8(3)13)14-10-11-5-6-15-10/h5-9,12-13H,4H2,1-3H3. The largest absolute Gasteiger partial charge is 0.448 e. The monoisotopic (exact) mass is 230 g/mol. The highest BCUT2D eigenvalue weighted by molar-refractivity contribution is 7.11. The topological polar surface area (TPSA) is 54.4 Å². The Morgan fingerprint density at radius 1 is 1.60 bits per heavy atom. The Balaban J connectivity index is 2.51. The summed E-state index contributed by atoms with van der Waals surface area (Å²) in [6, 6.07) is 0.310. The zero-order chi connectivity index (χ0) is 11.3. The van der Waals surface area contributed by atoms with Gasteiger partial charge in [-0.1, -0.05) is 18.3 Å². The van der Waals surface area contributed by atoms with Crippen LogP contribution in [0.4, 0.5) is 0 Å². The van der Waals surface area contributed by atoms with Crippen molar-refractivity contribution in [3.63, 3.8) is 0 Å². The lowest BCUT2D eigenvalue weighted by Gasteiger charge is -2.24. The SMILES string of the molecule is CCC(C)NC(Oc1nccs1)C(C)O. The van der Waals surface area contributed by atoms with Crippen LogP contribution < -0.4 is 10.1 Å². The molecule has 0 aliphatic carbocycles. The summed E-state index contributed by atoms with van der Waals surface area (Å²) in [5.74, 6) is 0. The van der Waals surface area contributed by atoms with E-state index in [9.17, 15) is 5.11 Å². The predicted octanol–water partition coefficient (Wildman–Crippen LogP) is 1.62. The molecular formula is C10H18N2O2S. The van der Waals surface area contributed by atoms with Crippen molar-refractivity contribution in [2.45, 2.75) is 45.6 Å². The van der Waals surface area contributed by atoms with Gasteiger partial charge in [0.1, 0.15) is 6.10 Å². The van der Waals surface area contributed by atoms with Crippen molar-refractivity contribution in [3.8, 4) is 5.19 Å². The molecule has 2 N–H and O–H groups in total. The zero-order valence-electron chi connectivity index (χ0n) is 9.30. The van der Waals surface area contributed by atoms with E-state index in [0.717, 1.165) is 6.42 Å². The maximum atomic E-state index is 9.54. The van der Waals surface area contributed by atoms with Crippen LogP contribution in [0.15, 0.2) is 11.6 Å². The molecule has 0 spiro atoms. The molecule has 86 valence electrons. The Bertz CT molecular complexity index is 264. The first-order valence-corrected chi connectivity index (χ1v) is 6.01. The molecule has 0 bridgehead atoms. The fourth-order valence-electron chi connectivity index (χ4n) is 1.05. The molecule has 0 fully saturated rings. The summed E-state index contributed by atoms with van der Waals surface area (Å²) in [5.41, 5.74) is 0. The number of hydrogen-bond donors (Lipinski definition) is 2. The zero-order valence-corrected chi connectivity index (χ0v) is 10.1. The number of aromatic nitrogens is 1. The van der Waals surface area contributed by atoms with Crippen molar-refractivity contribution in [2.75, 3.05) is 0 Å². The third-order valence-electron chi connectivity index (χ3n) is 2.14. The number of hydrogen-bond acceptors (Lipinski definition) is 5. The normalized spacial score (nSPS) is 17.1. The van der Waals surface area contributed by atoms with Crippen LogP contribution in [0.3, 0.4) is 0 Å². The van der Waals surface area contributed by atoms with Gasteiger partial charge in [-0.05, 0) is 20.3 Å². The fourth-order valence-corrected chi connectivity index (χ4v) is 1.57. The van der Waals surface area contributed by atoms with Gasteiger partial charge in [0.15, 0.2) is 6.23 Å². The first-order chi connectivity index (χ1) is 7.13. The molecule has 4 nitrogen and oxygen atoms in total. The van der Waals surface area contributed by atoms with E-state index >= 15 is 0 Å². The van der Waals surface area contributed by atoms with E-state index in [1.165, 1.54) is 11.3 Å². The first-order valence-electron chi connectivity index (χ1n) is 5.13. The fraction of sp³-hybridized carbons (Fsp3) is 0.700. The molecule has 1 aromatic rings. The van der Waals surface area contributed by atoms with Crippen molar-refractivity contribution in [1.29, 1.82) is 0 Å². The molecule has 0 aromatic carbocycles. The highest BCUT2D eigenvalue weighted by Crippen LogP contribution is 2.16. The smallest absolute Gasteiger partial charge is 0.274 e. The molecule has 5 heteroatoms. The Morgan fingerprint density at radius 2 is 2.33 bits per heavy atom. The van der Waals surface area contributed by atoms with E-state index < -0.39 is 12.3 Å². The number of ether oxygens (including phenoxy) is 1. The number of aliphatic hydroxyl groups excluding tert-OH is 1. The third kappa shape index (κ3) is 4.15. The average Bonchev–Trinajstić information content (AvgIpc) is 2.69. The maximum absolute atomic E-state index is 9.54. The molecule has 3 atom stereocenters. The van der Waals surface area contributed by atoms with Crippen LogP contribution in [0.5, 0.6) is 5.19 Å². The van der Waals surface area contributed by atoms with Crippen molar-refractivity contribution >= 4 is 11.3 Å². The summed E-state index contributed by atoms with van der Waals surface area (Å²) < 4.78 is 5.53. The van der Waals surface area contributed by atoms with Crippen LogP contribution in [0, 0.1) is 0 Å². The molecule has 0 radical (unpaired) electrons. The molecule has 3 unspecified atom stereocenters. The second-order valence-corrected chi connectivity index (χ2v) is 4.41. The second kappa shape index (κ2) is 6.05. The number of aliphatic hydroxyl groups is 1. The lowest BCUT2D eigenvalue weighted by Crippen LogP contribution is -2.47. The highest BCUT2D eigenvalue weighted by atomic mass is 32.1. The van der Waals surface area contributed by atoms with Crippen LogP contribution in [0.1, 0.15) is 27.2 Å². The van der Waals surface area contributed by atoms with E-state index in [-0.39, 0.29) is 0 Å². The number of rotatable bonds is 6. The third-order valence-corrected chi connectivity index (χ3v) is 2.80. The number of nitrogens with one attached hydrogen (secondary N) is 1. The molecule has 1 aromatic heterocycles. The minimum absolute atomic E-state index is 0.310. The number of nitrogens with zero attached hydrogens (tertiary/aromatic N) is 1. The molecule has 1 heterocycles. The molecule has 0 saturated carbocycles. The average molecular weight is 230 g/mol. The molecule has 0 aliphatic rings. The van der Waals surface area contributed by atoms with Crippen LogP contribution in [0.25, 0.3) is 0 Å². The van der Waals surface area contributed by atoms with Crippen molar-refractivity contribution in [3.05, 3.63) is 11.6 Å². The quantitative estimate of drug-likeness (QED) is 0.729. The van der Waals surface area contributed by atoms with Crippen LogP contribution in [0.2, 0.25) is 0 Å². The lowest BCUT2D eigenvalue weighted by atomic mass is 10.2. The summed E-state index contributed by atoms with van der Waals surface area (Å²) in [6.45, 7) is 5.84. The predicted molar refractivity (Wildman–Crippen MR) is 61.1 cm³/mol. The van der Waals surface area contributed by atoms with Crippen molar-refractivity contribution in [1.82, 2.24) is 10.3 Å². The molecular weight excluding hydrogens is 212 g/mol. The summed E-state index contributed by atoms with van der Waals surface area (Å²) in [5, 5.41) is 15.2. The Hall–Kier alpha value is -0.650. The number of thiazole rings is 1. The molecule has 15 heavy (non-hydrogen) atoms.